The lowest BCUT2D eigenvalue weighted by atomic mass is 9.94. The third kappa shape index (κ3) is 4.33. The number of benzene rings is 5. The molecule has 7 rings (SSSR count). The molecule has 192 valence electrons. The second-order valence-electron chi connectivity index (χ2n) is 9.62. The second-order valence-corrected chi connectivity index (χ2v) is 10.1. The van der Waals surface area contributed by atoms with Gasteiger partial charge in [-0.25, -0.2) is 13.8 Å². The molecule has 0 aliphatic heterocycles. The molecule has 2 nitrogen and oxygen atoms in total. The maximum Gasteiger partial charge on any atom is 0.146 e. The predicted octanol–water partition coefficient (Wildman–Crippen LogP) is 10.6. The van der Waals surface area contributed by atoms with Crippen LogP contribution < -0.4 is 0 Å². The molecule has 0 spiro atoms. The molecule has 0 amide bonds. The molecule has 7 aromatic rings. The van der Waals surface area contributed by atoms with Crippen LogP contribution in [-0.4, -0.2) is 4.98 Å². The van der Waals surface area contributed by atoms with Gasteiger partial charge in [0.1, 0.15) is 23.0 Å². The topological polar surface area (TPSA) is 26.0 Å². The Labute approximate surface area is 234 Å². The van der Waals surface area contributed by atoms with E-state index >= 15 is 0 Å². The van der Waals surface area contributed by atoms with E-state index in [4.69, 9.17) is 21.0 Å². The van der Waals surface area contributed by atoms with Gasteiger partial charge in [-0.3, -0.25) is 0 Å². The molecule has 5 aromatic carbocycles. The summed E-state index contributed by atoms with van der Waals surface area (Å²) in [7, 11) is 0. The van der Waals surface area contributed by atoms with Crippen LogP contribution in [-0.2, 0) is 0 Å². The zero-order valence-corrected chi connectivity index (χ0v) is 21.8. The van der Waals surface area contributed by atoms with E-state index in [9.17, 15) is 8.78 Å². The van der Waals surface area contributed by atoms with Gasteiger partial charge >= 0.3 is 0 Å². The standard InChI is InChI=1S/C35H20ClF2NO/c36-26-12-6-24(7-13-26)33-31-20-32(23-4-2-1-3-5-23)40-35(31)30-19-25(21-8-14-27(37)15-9-21)18-29(34(30)39-33)22-10-16-28(38)17-11-22/h1-20H. The molecule has 0 unspecified atom stereocenters. The van der Waals surface area contributed by atoms with Gasteiger partial charge in [-0.15, -0.1) is 0 Å². The summed E-state index contributed by atoms with van der Waals surface area (Å²) >= 11 is 6.21. The number of hydrogen-bond acceptors (Lipinski definition) is 2. The van der Waals surface area contributed by atoms with Gasteiger partial charge in [-0.05, 0) is 71.3 Å². The molecule has 0 saturated carbocycles. The number of nitrogens with zero attached hydrogens (tertiary/aromatic N) is 1. The van der Waals surface area contributed by atoms with Crippen LogP contribution in [0.3, 0.4) is 0 Å². The van der Waals surface area contributed by atoms with Crippen LogP contribution >= 0.6 is 11.6 Å². The van der Waals surface area contributed by atoms with E-state index in [0.29, 0.717) is 16.1 Å². The van der Waals surface area contributed by atoms with Crippen LogP contribution in [0.4, 0.5) is 8.78 Å². The molecule has 2 aromatic heterocycles. The van der Waals surface area contributed by atoms with Crippen LogP contribution in [0, 0.1) is 11.6 Å². The first-order chi connectivity index (χ1) is 19.5. The lowest BCUT2D eigenvalue weighted by Gasteiger charge is -2.13. The van der Waals surface area contributed by atoms with Crippen molar-refractivity contribution in [1.82, 2.24) is 4.98 Å². The van der Waals surface area contributed by atoms with Gasteiger partial charge in [0.2, 0.25) is 0 Å². The third-order valence-corrected chi connectivity index (χ3v) is 7.33. The van der Waals surface area contributed by atoms with Crippen LogP contribution in [0.15, 0.2) is 126 Å². The summed E-state index contributed by atoms with van der Waals surface area (Å²) in [4.78, 5) is 5.20. The van der Waals surface area contributed by atoms with Gasteiger partial charge in [0.15, 0.2) is 0 Å². The predicted molar refractivity (Wildman–Crippen MR) is 158 cm³/mol. The van der Waals surface area contributed by atoms with Crippen molar-refractivity contribution in [1.29, 1.82) is 0 Å². The van der Waals surface area contributed by atoms with Crippen molar-refractivity contribution >= 4 is 33.5 Å². The lowest BCUT2D eigenvalue weighted by molar-refractivity contribution is 0.627. The minimum atomic E-state index is -0.321. The molecule has 0 aliphatic carbocycles. The van der Waals surface area contributed by atoms with Crippen LogP contribution in [0.5, 0.6) is 0 Å². The van der Waals surface area contributed by atoms with E-state index in [1.54, 1.807) is 24.3 Å². The summed E-state index contributed by atoms with van der Waals surface area (Å²) in [5, 5.41) is 2.29. The lowest BCUT2D eigenvalue weighted by Crippen LogP contribution is -1.93. The average molecular weight is 544 g/mol. The maximum absolute atomic E-state index is 13.9. The average Bonchev–Trinajstić information content (AvgIpc) is 3.44. The third-order valence-electron chi connectivity index (χ3n) is 7.07. The molecule has 40 heavy (non-hydrogen) atoms. The summed E-state index contributed by atoms with van der Waals surface area (Å²) in [5.41, 5.74) is 7.31. The molecular weight excluding hydrogens is 524 g/mol. The van der Waals surface area contributed by atoms with E-state index in [1.165, 1.54) is 24.3 Å². The molecule has 0 atom stereocenters. The summed E-state index contributed by atoms with van der Waals surface area (Å²) in [6.45, 7) is 0. The molecule has 0 bridgehead atoms. The first-order valence-electron chi connectivity index (χ1n) is 12.8. The fourth-order valence-corrected chi connectivity index (χ4v) is 5.22. The monoisotopic (exact) mass is 543 g/mol. The van der Waals surface area contributed by atoms with E-state index < -0.39 is 0 Å². The first-order valence-corrected chi connectivity index (χ1v) is 13.2. The number of aromatic nitrogens is 1. The normalized spacial score (nSPS) is 11.4. The zero-order valence-electron chi connectivity index (χ0n) is 21.0. The minimum Gasteiger partial charge on any atom is -0.455 e. The van der Waals surface area contributed by atoms with Gasteiger partial charge in [0.05, 0.1) is 11.2 Å². The summed E-state index contributed by atoms with van der Waals surface area (Å²) < 4.78 is 34.3. The summed E-state index contributed by atoms with van der Waals surface area (Å²) in [6, 6.07) is 36.2. The molecule has 0 fully saturated rings. The van der Waals surface area contributed by atoms with Crippen molar-refractivity contribution in [3.8, 4) is 44.8 Å². The Hall–Kier alpha value is -4.80. The Morgan fingerprint density at radius 1 is 0.550 bits per heavy atom. The van der Waals surface area contributed by atoms with E-state index in [2.05, 4.69) is 0 Å². The van der Waals surface area contributed by atoms with E-state index in [0.717, 1.165) is 55.6 Å². The quantitative estimate of drug-likeness (QED) is 0.221. The highest BCUT2D eigenvalue weighted by Gasteiger charge is 2.20. The van der Waals surface area contributed by atoms with E-state index in [1.807, 2.05) is 72.8 Å². The fourth-order valence-electron chi connectivity index (χ4n) is 5.10. The van der Waals surface area contributed by atoms with Crippen molar-refractivity contribution in [2.24, 2.45) is 0 Å². The Kier molecular flexibility index (Phi) is 5.91. The van der Waals surface area contributed by atoms with Gasteiger partial charge in [0.25, 0.3) is 0 Å². The molecule has 0 radical (unpaired) electrons. The minimum absolute atomic E-state index is 0.307. The van der Waals surface area contributed by atoms with Crippen molar-refractivity contribution in [2.45, 2.75) is 0 Å². The number of furan rings is 1. The van der Waals surface area contributed by atoms with Crippen molar-refractivity contribution in [3.05, 3.63) is 138 Å². The number of fused-ring (bicyclic) bond motifs is 3. The molecular formula is C35H20ClF2NO. The maximum atomic E-state index is 13.9. The number of halogens is 3. The zero-order chi connectivity index (χ0) is 27.2. The molecule has 5 heteroatoms. The highest BCUT2D eigenvalue weighted by Crippen LogP contribution is 2.42. The van der Waals surface area contributed by atoms with Gasteiger partial charge in [0, 0.05) is 32.5 Å². The second kappa shape index (κ2) is 9.74. The largest absolute Gasteiger partial charge is 0.455 e. The van der Waals surface area contributed by atoms with E-state index in [-0.39, 0.29) is 11.6 Å². The first kappa shape index (κ1) is 24.3. The molecule has 0 saturated heterocycles. The Morgan fingerprint density at radius 2 is 1.18 bits per heavy atom. The van der Waals surface area contributed by atoms with Gasteiger partial charge in [-0.2, -0.15) is 0 Å². The summed E-state index contributed by atoms with van der Waals surface area (Å²) in [6.07, 6.45) is 0. The SMILES string of the molecule is Fc1ccc(-c2cc(-c3ccc(F)cc3)c3nc(-c4ccc(Cl)cc4)c4cc(-c5ccccc5)oc4c3c2)cc1. The highest BCUT2D eigenvalue weighted by molar-refractivity contribution is 6.30. The van der Waals surface area contributed by atoms with Crippen molar-refractivity contribution in [3.63, 3.8) is 0 Å². The van der Waals surface area contributed by atoms with Crippen molar-refractivity contribution < 1.29 is 13.2 Å². The van der Waals surface area contributed by atoms with Crippen molar-refractivity contribution in [2.75, 3.05) is 0 Å². The van der Waals surface area contributed by atoms with Gasteiger partial charge < -0.3 is 4.42 Å². The molecule has 0 N–H and O–H groups in total. The van der Waals surface area contributed by atoms with Crippen LogP contribution in [0.2, 0.25) is 5.02 Å². The smallest absolute Gasteiger partial charge is 0.146 e. The number of hydrogen-bond donors (Lipinski definition) is 0. The molecule has 0 aliphatic rings. The highest BCUT2D eigenvalue weighted by atomic mass is 35.5. The number of pyridine rings is 1. The Morgan fingerprint density at radius 3 is 1.85 bits per heavy atom. The Balaban J connectivity index is 1.60. The fraction of sp³-hybridized carbons (Fsp3) is 0. The number of rotatable bonds is 4. The van der Waals surface area contributed by atoms with Crippen LogP contribution in [0.1, 0.15) is 0 Å². The molecule has 2 heterocycles. The van der Waals surface area contributed by atoms with Gasteiger partial charge in [-0.1, -0.05) is 78.3 Å². The Bertz CT molecular complexity index is 2000. The summed E-state index contributed by atoms with van der Waals surface area (Å²) in [5.74, 6) is 0.0904. The van der Waals surface area contributed by atoms with Crippen LogP contribution in [0.25, 0.3) is 66.7 Å².